The van der Waals surface area contributed by atoms with Crippen LogP contribution in [0.25, 0.3) is 0 Å². The lowest BCUT2D eigenvalue weighted by molar-refractivity contribution is 0.374. The lowest BCUT2D eigenvalue weighted by Gasteiger charge is -2.12. The first-order chi connectivity index (χ1) is 11.3. The van der Waals surface area contributed by atoms with Crippen molar-refractivity contribution in [2.24, 2.45) is 0 Å². The number of methoxy groups -OCH3 is 1. The second-order valence-electron chi connectivity index (χ2n) is 4.53. The van der Waals surface area contributed by atoms with Crippen LogP contribution in [-0.2, 0) is 0 Å². The van der Waals surface area contributed by atoms with Gasteiger partial charge in [0.1, 0.15) is 17.8 Å². The first-order valence-corrected chi connectivity index (χ1v) is 6.87. The quantitative estimate of drug-likeness (QED) is 0.748. The van der Waals surface area contributed by atoms with Crippen molar-refractivity contribution in [3.63, 3.8) is 0 Å². The largest absolute Gasteiger partial charge is 0.493 e. The van der Waals surface area contributed by atoms with Crippen molar-refractivity contribution in [3.05, 3.63) is 55.0 Å². The maximum atomic E-state index is 6.09. The molecule has 23 heavy (non-hydrogen) atoms. The maximum absolute atomic E-state index is 6.09. The summed E-state index contributed by atoms with van der Waals surface area (Å²) >= 11 is 0. The number of nitrogens with one attached hydrogen (secondary N) is 1. The summed E-state index contributed by atoms with van der Waals surface area (Å²) in [4.78, 5) is 12.4. The van der Waals surface area contributed by atoms with E-state index in [0.29, 0.717) is 23.1 Å². The van der Waals surface area contributed by atoms with Crippen LogP contribution in [0.4, 0.5) is 17.3 Å². The minimum atomic E-state index is 0.239. The minimum Gasteiger partial charge on any atom is -0.493 e. The molecule has 0 amide bonds. The normalized spacial score (nSPS) is 10.1. The molecule has 0 radical (unpaired) electrons. The van der Waals surface area contributed by atoms with Gasteiger partial charge in [-0.05, 0) is 24.3 Å². The Morgan fingerprint density at radius 2 is 1.74 bits per heavy atom. The molecule has 2 aromatic heterocycles. The van der Waals surface area contributed by atoms with Gasteiger partial charge in [-0.1, -0.05) is 18.2 Å². The summed E-state index contributed by atoms with van der Waals surface area (Å²) in [5, 5.41) is 3.03. The molecule has 0 saturated carbocycles. The number of rotatable bonds is 5. The number of hydrogen-bond acceptors (Lipinski definition) is 7. The predicted octanol–water partition coefficient (Wildman–Crippen LogP) is 3.00. The highest BCUT2D eigenvalue weighted by atomic mass is 16.5. The van der Waals surface area contributed by atoms with Gasteiger partial charge in [-0.3, -0.25) is 0 Å². The Labute approximate surface area is 133 Å². The Hall–Kier alpha value is -3.35. The molecular weight excluding hydrogens is 294 g/mol. The highest BCUT2D eigenvalue weighted by Gasteiger charge is 2.13. The lowest BCUT2D eigenvalue weighted by atomic mass is 10.3. The summed E-state index contributed by atoms with van der Waals surface area (Å²) in [5.74, 6) is 2.39. The zero-order chi connectivity index (χ0) is 16.1. The molecule has 3 rings (SSSR count). The topological polar surface area (TPSA) is 95.2 Å². The van der Waals surface area contributed by atoms with Crippen LogP contribution in [0.2, 0.25) is 0 Å². The number of para-hydroxylation sites is 2. The molecule has 0 atom stereocenters. The van der Waals surface area contributed by atoms with Gasteiger partial charge >= 0.3 is 0 Å². The van der Waals surface area contributed by atoms with Crippen molar-refractivity contribution < 1.29 is 9.47 Å². The van der Waals surface area contributed by atoms with E-state index in [1.165, 1.54) is 6.33 Å². The number of ether oxygens (including phenoxy) is 2. The summed E-state index contributed by atoms with van der Waals surface area (Å²) in [7, 11) is 1.57. The number of aromatic nitrogens is 3. The van der Waals surface area contributed by atoms with E-state index in [1.54, 1.807) is 25.4 Å². The van der Waals surface area contributed by atoms with Crippen molar-refractivity contribution in [2.45, 2.75) is 0 Å². The van der Waals surface area contributed by atoms with E-state index in [1.807, 2.05) is 30.3 Å². The summed E-state index contributed by atoms with van der Waals surface area (Å²) in [6.07, 6.45) is 3.04. The van der Waals surface area contributed by atoms with E-state index >= 15 is 0 Å². The van der Waals surface area contributed by atoms with Crippen LogP contribution in [0.5, 0.6) is 17.4 Å². The Bertz CT molecular complexity index is 795. The summed E-state index contributed by atoms with van der Waals surface area (Å²) in [5.41, 5.74) is 6.37. The minimum absolute atomic E-state index is 0.239. The van der Waals surface area contributed by atoms with E-state index in [-0.39, 0.29) is 11.6 Å². The van der Waals surface area contributed by atoms with Crippen molar-refractivity contribution >= 4 is 17.3 Å². The highest BCUT2D eigenvalue weighted by Crippen LogP contribution is 2.34. The molecule has 0 spiro atoms. The third-order valence-electron chi connectivity index (χ3n) is 3.03. The molecule has 116 valence electrons. The summed E-state index contributed by atoms with van der Waals surface area (Å²) in [6.45, 7) is 0. The van der Waals surface area contributed by atoms with E-state index < -0.39 is 0 Å². The number of nitrogens with zero attached hydrogens (tertiary/aromatic N) is 3. The molecule has 7 nitrogen and oxygen atoms in total. The van der Waals surface area contributed by atoms with E-state index in [2.05, 4.69) is 20.3 Å². The van der Waals surface area contributed by atoms with E-state index in [0.717, 1.165) is 0 Å². The first kappa shape index (κ1) is 14.6. The van der Waals surface area contributed by atoms with Crippen LogP contribution >= 0.6 is 0 Å². The van der Waals surface area contributed by atoms with Gasteiger partial charge in [0, 0.05) is 6.20 Å². The smallest absolute Gasteiger partial charge is 0.248 e. The Morgan fingerprint density at radius 3 is 2.48 bits per heavy atom. The Balaban J connectivity index is 1.88. The van der Waals surface area contributed by atoms with Crippen molar-refractivity contribution in [1.29, 1.82) is 0 Å². The predicted molar refractivity (Wildman–Crippen MR) is 87.0 cm³/mol. The molecule has 7 heteroatoms. The standard InChI is InChI=1S/C16H15N5O2/c1-22-11-6-2-3-7-12(11)23-16-14(17)15(19-10-20-16)21-13-8-4-5-9-18-13/h2-10H,17H2,1H3,(H,18,19,20,21). The van der Waals surface area contributed by atoms with Crippen molar-refractivity contribution in [3.8, 4) is 17.4 Å². The summed E-state index contributed by atoms with van der Waals surface area (Å²) < 4.78 is 11.0. The molecular formula is C16H15N5O2. The molecule has 0 aliphatic rings. The van der Waals surface area contributed by atoms with Crippen LogP contribution < -0.4 is 20.5 Å². The molecule has 0 fully saturated rings. The van der Waals surface area contributed by atoms with Gasteiger partial charge in [0.2, 0.25) is 5.88 Å². The second kappa shape index (κ2) is 6.61. The molecule has 1 aromatic carbocycles. The molecule has 2 heterocycles. The van der Waals surface area contributed by atoms with Gasteiger partial charge in [-0.15, -0.1) is 0 Å². The average Bonchev–Trinajstić information content (AvgIpc) is 2.60. The number of benzene rings is 1. The maximum Gasteiger partial charge on any atom is 0.248 e. The van der Waals surface area contributed by atoms with Gasteiger partial charge in [0.05, 0.1) is 7.11 Å². The fourth-order valence-corrected chi connectivity index (χ4v) is 1.93. The molecule has 0 aliphatic heterocycles. The monoisotopic (exact) mass is 309 g/mol. The van der Waals surface area contributed by atoms with Gasteiger partial charge in [0.25, 0.3) is 0 Å². The van der Waals surface area contributed by atoms with Crippen molar-refractivity contribution in [1.82, 2.24) is 15.0 Å². The lowest BCUT2D eigenvalue weighted by Crippen LogP contribution is -2.04. The number of nitrogen functional groups attached to an aromatic ring is 1. The molecule has 3 N–H and O–H groups in total. The average molecular weight is 309 g/mol. The van der Waals surface area contributed by atoms with Gasteiger partial charge in [-0.2, -0.15) is 4.98 Å². The zero-order valence-corrected chi connectivity index (χ0v) is 12.4. The third kappa shape index (κ3) is 3.29. The van der Waals surface area contributed by atoms with Crippen LogP contribution in [0.15, 0.2) is 55.0 Å². The summed E-state index contributed by atoms with van der Waals surface area (Å²) in [6, 6.07) is 12.7. The van der Waals surface area contributed by atoms with Crippen LogP contribution in [0.3, 0.4) is 0 Å². The van der Waals surface area contributed by atoms with E-state index in [9.17, 15) is 0 Å². The number of anilines is 3. The fourth-order valence-electron chi connectivity index (χ4n) is 1.93. The van der Waals surface area contributed by atoms with E-state index in [4.69, 9.17) is 15.2 Å². The number of nitrogens with two attached hydrogens (primary N) is 1. The van der Waals surface area contributed by atoms with Crippen LogP contribution in [-0.4, -0.2) is 22.1 Å². The SMILES string of the molecule is COc1ccccc1Oc1ncnc(Nc2ccccn2)c1N. The molecule has 0 aliphatic carbocycles. The highest BCUT2D eigenvalue weighted by molar-refractivity contribution is 5.71. The van der Waals surface area contributed by atoms with Crippen molar-refractivity contribution in [2.75, 3.05) is 18.2 Å². The number of hydrogen-bond donors (Lipinski definition) is 2. The van der Waals surface area contributed by atoms with Crippen LogP contribution in [0.1, 0.15) is 0 Å². The first-order valence-electron chi connectivity index (χ1n) is 6.87. The Morgan fingerprint density at radius 1 is 0.957 bits per heavy atom. The van der Waals surface area contributed by atoms with Gasteiger partial charge in [-0.25, -0.2) is 9.97 Å². The molecule has 0 bridgehead atoms. The molecule has 3 aromatic rings. The fraction of sp³-hybridized carbons (Fsp3) is 0.0625. The molecule has 0 saturated heterocycles. The van der Waals surface area contributed by atoms with Gasteiger partial charge < -0.3 is 20.5 Å². The number of pyridine rings is 1. The third-order valence-corrected chi connectivity index (χ3v) is 3.03. The Kier molecular flexibility index (Phi) is 4.19. The van der Waals surface area contributed by atoms with Gasteiger partial charge in [0.15, 0.2) is 17.3 Å². The zero-order valence-electron chi connectivity index (χ0n) is 12.4. The molecule has 0 unspecified atom stereocenters. The van der Waals surface area contributed by atoms with Crippen LogP contribution in [0, 0.1) is 0 Å². The second-order valence-corrected chi connectivity index (χ2v) is 4.53.